The van der Waals surface area contributed by atoms with Crippen molar-refractivity contribution < 1.29 is 12.8 Å². The summed E-state index contributed by atoms with van der Waals surface area (Å²) in [6, 6.07) is 6.35. The first-order valence-corrected chi connectivity index (χ1v) is 16.3. The highest BCUT2D eigenvalue weighted by molar-refractivity contribution is 7.90. The number of benzene rings is 1. The molecule has 38 heavy (non-hydrogen) atoms. The van der Waals surface area contributed by atoms with Crippen LogP contribution in [-0.2, 0) is 22.7 Å². The molecule has 0 radical (unpaired) electrons. The molecule has 3 aliphatic rings. The smallest absolute Gasteiger partial charge is 0.147 e. The molecule has 0 bridgehead atoms. The first kappa shape index (κ1) is 28.5. The molecule has 0 amide bonds. The first-order chi connectivity index (χ1) is 18.3. The van der Waals surface area contributed by atoms with Crippen molar-refractivity contribution in [1.29, 1.82) is 0 Å². The van der Waals surface area contributed by atoms with Crippen LogP contribution in [-0.4, -0.2) is 26.1 Å². The van der Waals surface area contributed by atoms with Crippen LogP contribution >= 0.6 is 0 Å². The molecule has 5 heteroatoms. The third-order valence-electron chi connectivity index (χ3n) is 7.81. The number of sulfone groups is 1. The van der Waals surface area contributed by atoms with Gasteiger partial charge in [-0.25, -0.2) is 12.8 Å². The zero-order valence-corrected chi connectivity index (χ0v) is 23.8. The molecule has 0 aliphatic heterocycles. The average molecular weight is 536 g/mol. The molecule has 1 unspecified atom stereocenters. The predicted octanol–water partition coefficient (Wildman–Crippen LogP) is 8.66. The van der Waals surface area contributed by atoms with Gasteiger partial charge >= 0.3 is 0 Å². The van der Waals surface area contributed by atoms with Crippen molar-refractivity contribution in [2.75, 3.05) is 12.0 Å². The van der Waals surface area contributed by atoms with Crippen LogP contribution in [0.2, 0.25) is 0 Å². The lowest BCUT2D eigenvalue weighted by molar-refractivity contribution is 0.476. The lowest BCUT2D eigenvalue weighted by Crippen LogP contribution is -2.19. The maximum atomic E-state index is 14.2. The predicted molar refractivity (Wildman–Crippen MR) is 159 cm³/mol. The number of halogens is 1. The minimum absolute atomic E-state index is 0.162. The molecule has 0 heterocycles. The second-order valence-corrected chi connectivity index (χ2v) is 13.3. The lowest BCUT2D eigenvalue weighted by atomic mass is 9.87. The van der Waals surface area contributed by atoms with E-state index in [0.29, 0.717) is 0 Å². The van der Waals surface area contributed by atoms with Gasteiger partial charge in [-0.3, -0.25) is 4.99 Å². The maximum Gasteiger partial charge on any atom is 0.147 e. The monoisotopic (exact) mass is 535 g/mol. The Morgan fingerprint density at radius 1 is 1.00 bits per heavy atom. The van der Waals surface area contributed by atoms with E-state index >= 15 is 0 Å². The van der Waals surface area contributed by atoms with E-state index in [9.17, 15) is 12.8 Å². The number of rotatable bonds is 4. The Labute approximate surface area is 229 Å². The molecular weight excluding hydrogens is 493 g/mol. The summed E-state index contributed by atoms with van der Waals surface area (Å²) in [4.78, 5) is 5.27. The van der Waals surface area contributed by atoms with Crippen molar-refractivity contribution >= 4 is 21.2 Å². The van der Waals surface area contributed by atoms with Crippen molar-refractivity contribution in [3.05, 3.63) is 88.3 Å². The SMILES string of the molecule is CC1=CCCCCC(=Nc2cccc3c2CCCCC(CS(C)(=O)=O)C3)/C=C1/C1=C/C=C(F)C=CCCC1. The van der Waals surface area contributed by atoms with Gasteiger partial charge in [0.25, 0.3) is 0 Å². The minimum Gasteiger partial charge on any atom is -0.253 e. The quantitative estimate of drug-likeness (QED) is 0.387. The van der Waals surface area contributed by atoms with E-state index in [1.165, 1.54) is 34.1 Å². The molecule has 0 N–H and O–H groups in total. The minimum atomic E-state index is -3.01. The van der Waals surface area contributed by atoms with Gasteiger partial charge in [-0.15, -0.1) is 0 Å². The standard InChI is InChI=1S/C33H42FNO2S/c1-25-12-5-3-8-17-30(23-32(25)27-14-6-4-7-16-29(34)21-20-27)35-33-19-11-15-28-22-26(24-38(2,36)37)13-9-10-18-31(28)33/h7,11-12,15-16,19-21,23,26H,3-6,8-10,13-14,17-18,22,24H2,1-2H3/b16-7?,25-12?,27-20+,29-21?,32-23+,35-30?. The topological polar surface area (TPSA) is 46.5 Å². The van der Waals surface area contributed by atoms with E-state index in [1.54, 1.807) is 12.2 Å². The van der Waals surface area contributed by atoms with Gasteiger partial charge in [0.2, 0.25) is 0 Å². The van der Waals surface area contributed by atoms with Gasteiger partial charge < -0.3 is 0 Å². The fourth-order valence-corrected chi connectivity index (χ4v) is 7.04. The van der Waals surface area contributed by atoms with Crippen molar-refractivity contribution in [1.82, 2.24) is 0 Å². The lowest BCUT2D eigenvalue weighted by Gasteiger charge is -2.22. The van der Waals surface area contributed by atoms with Crippen LogP contribution in [0.5, 0.6) is 0 Å². The highest BCUT2D eigenvalue weighted by Crippen LogP contribution is 2.33. The van der Waals surface area contributed by atoms with Gasteiger partial charge in [-0.05, 0) is 136 Å². The Kier molecular flexibility index (Phi) is 10.1. The van der Waals surface area contributed by atoms with E-state index in [2.05, 4.69) is 37.3 Å². The normalized spacial score (nSPS) is 25.8. The largest absolute Gasteiger partial charge is 0.253 e. The molecule has 0 aromatic heterocycles. The summed E-state index contributed by atoms with van der Waals surface area (Å²) in [5.41, 5.74) is 8.18. The fraction of sp³-hybridized carbons (Fsp3) is 0.485. The van der Waals surface area contributed by atoms with Gasteiger partial charge in [0.1, 0.15) is 15.7 Å². The zero-order valence-electron chi connectivity index (χ0n) is 23.0. The third-order valence-corrected chi connectivity index (χ3v) is 8.88. The Hall–Kier alpha value is -2.53. The van der Waals surface area contributed by atoms with Gasteiger partial charge in [0.05, 0.1) is 11.4 Å². The molecule has 0 saturated heterocycles. The van der Waals surface area contributed by atoms with E-state index in [1.807, 2.05) is 12.2 Å². The Morgan fingerprint density at radius 3 is 2.68 bits per heavy atom. The second kappa shape index (κ2) is 13.5. The molecule has 1 aromatic rings. The van der Waals surface area contributed by atoms with E-state index < -0.39 is 9.84 Å². The zero-order chi connectivity index (χ0) is 27.0. The van der Waals surface area contributed by atoms with Crippen molar-refractivity contribution in [2.24, 2.45) is 10.9 Å². The Bertz CT molecular complexity index is 1290. The van der Waals surface area contributed by atoms with Gasteiger partial charge in [0, 0.05) is 12.0 Å². The molecule has 1 atom stereocenters. The second-order valence-electron chi connectivity index (χ2n) is 11.2. The number of nitrogens with zero attached hydrogens (tertiary/aromatic N) is 1. The third kappa shape index (κ3) is 8.49. The fourth-order valence-electron chi connectivity index (χ4n) is 5.89. The average Bonchev–Trinajstić information content (AvgIpc) is 3.00. The van der Waals surface area contributed by atoms with Crippen molar-refractivity contribution in [3.8, 4) is 0 Å². The van der Waals surface area contributed by atoms with Crippen LogP contribution in [0.15, 0.2) is 82.2 Å². The molecule has 0 saturated carbocycles. The molecule has 0 spiro atoms. The van der Waals surface area contributed by atoms with Gasteiger partial charge in [0.15, 0.2) is 0 Å². The molecular formula is C33H42FNO2S. The van der Waals surface area contributed by atoms with Crippen LogP contribution in [0.3, 0.4) is 0 Å². The summed E-state index contributed by atoms with van der Waals surface area (Å²) in [6.07, 6.45) is 24.7. The number of hydrogen-bond acceptors (Lipinski definition) is 3. The van der Waals surface area contributed by atoms with E-state index in [4.69, 9.17) is 4.99 Å². The summed E-state index contributed by atoms with van der Waals surface area (Å²) in [7, 11) is -3.01. The summed E-state index contributed by atoms with van der Waals surface area (Å²) in [5, 5.41) is 0. The summed E-state index contributed by atoms with van der Waals surface area (Å²) >= 11 is 0. The number of hydrogen-bond donors (Lipinski definition) is 0. The molecule has 4 rings (SSSR count). The van der Waals surface area contributed by atoms with Crippen LogP contribution in [0.1, 0.15) is 82.3 Å². The maximum absolute atomic E-state index is 14.2. The number of aliphatic imine (C=N–C) groups is 1. The molecule has 204 valence electrons. The summed E-state index contributed by atoms with van der Waals surface area (Å²) in [5.74, 6) is 0.206. The van der Waals surface area contributed by atoms with Gasteiger partial charge in [-0.2, -0.15) is 0 Å². The number of fused-ring (bicyclic) bond motifs is 1. The van der Waals surface area contributed by atoms with Crippen LogP contribution in [0, 0.1) is 5.92 Å². The molecule has 3 nitrogen and oxygen atoms in total. The van der Waals surface area contributed by atoms with Crippen LogP contribution in [0.4, 0.5) is 10.1 Å². The van der Waals surface area contributed by atoms with Gasteiger partial charge in [-0.1, -0.05) is 36.8 Å². The molecule has 1 aromatic carbocycles. The van der Waals surface area contributed by atoms with Crippen molar-refractivity contribution in [2.45, 2.75) is 84.0 Å². The first-order valence-electron chi connectivity index (χ1n) is 14.3. The van der Waals surface area contributed by atoms with Crippen LogP contribution < -0.4 is 0 Å². The highest BCUT2D eigenvalue weighted by atomic mass is 32.2. The molecule has 3 aliphatic carbocycles. The number of allylic oxidation sites excluding steroid dienone is 10. The highest BCUT2D eigenvalue weighted by Gasteiger charge is 2.21. The Balaban J connectivity index is 1.74. The van der Waals surface area contributed by atoms with Crippen LogP contribution in [0.25, 0.3) is 0 Å². The van der Waals surface area contributed by atoms with Crippen molar-refractivity contribution in [3.63, 3.8) is 0 Å². The van der Waals surface area contributed by atoms with E-state index in [0.717, 1.165) is 88.4 Å². The van der Waals surface area contributed by atoms with E-state index in [-0.39, 0.29) is 17.5 Å². The molecule has 0 fully saturated rings. The Morgan fingerprint density at radius 2 is 1.84 bits per heavy atom. The summed E-state index contributed by atoms with van der Waals surface area (Å²) < 4.78 is 38.3. The summed E-state index contributed by atoms with van der Waals surface area (Å²) in [6.45, 7) is 2.17.